The molecule has 1 aliphatic rings. The molecule has 3 heterocycles. The van der Waals surface area contributed by atoms with Gasteiger partial charge >= 0.3 is 0 Å². The van der Waals surface area contributed by atoms with Gasteiger partial charge in [0.1, 0.15) is 22.8 Å². The number of hydrogen-bond donors (Lipinski definition) is 1. The third kappa shape index (κ3) is 2.92. The molecule has 23 heavy (non-hydrogen) atoms. The SMILES string of the molecule is Fc1ccc(-c2csc3ncnc(NCC4CCCO4)c23)cc1. The van der Waals surface area contributed by atoms with Crippen LogP contribution in [-0.2, 0) is 4.74 Å². The van der Waals surface area contributed by atoms with Crippen molar-refractivity contribution in [2.75, 3.05) is 18.5 Å². The fourth-order valence-electron chi connectivity index (χ4n) is 2.87. The first-order valence-electron chi connectivity index (χ1n) is 7.65. The second-order valence-corrected chi connectivity index (χ2v) is 6.43. The number of nitrogens with one attached hydrogen (secondary N) is 1. The van der Waals surface area contributed by atoms with Crippen LogP contribution < -0.4 is 5.32 Å². The van der Waals surface area contributed by atoms with Crippen LogP contribution >= 0.6 is 11.3 Å². The van der Waals surface area contributed by atoms with Crippen molar-refractivity contribution < 1.29 is 9.13 Å². The van der Waals surface area contributed by atoms with E-state index in [1.165, 1.54) is 12.1 Å². The number of aromatic nitrogens is 2. The summed E-state index contributed by atoms with van der Waals surface area (Å²) in [7, 11) is 0. The topological polar surface area (TPSA) is 47.0 Å². The van der Waals surface area contributed by atoms with Gasteiger partial charge in [0.2, 0.25) is 0 Å². The Morgan fingerprint density at radius 1 is 1.26 bits per heavy atom. The molecular formula is C17H16FN3OS. The van der Waals surface area contributed by atoms with E-state index in [1.54, 1.807) is 29.8 Å². The molecule has 1 fully saturated rings. The van der Waals surface area contributed by atoms with Crippen molar-refractivity contribution in [2.24, 2.45) is 0 Å². The lowest BCUT2D eigenvalue weighted by atomic mass is 10.1. The smallest absolute Gasteiger partial charge is 0.138 e. The van der Waals surface area contributed by atoms with E-state index in [4.69, 9.17) is 4.74 Å². The van der Waals surface area contributed by atoms with E-state index in [1.807, 2.05) is 5.38 Å². The van der Waals surface area contributed by atoms with Crippen molar-refractivity contribution in [3.63, 3.8) is 0 Å². The zero-order valence-corrected chi connectivity index (χ0v) is 13.3. The number of nitrogens with zero attached hydrogens (tertiary/aromatic N) is 2. The maximum Gasteiger partial charge on any atom is 0.138 e. The number of ether oxygens (including phenoxy) is 1. The molecule has 118 valence electrons. The predicted octanol–water partition coefficient (Wildman–Crippen LogP) is 4.09. The highest BCUT2D eigenvalue weighted by molar-refractivity contribution is 7.17. The third-order valence-corrected chi connectivity index (χ3v) is 4.93. The van der Waals surface area contributed by atoms with Gasteiger partial charge in [-0.25, -0.2) is 14.4 Å². The van der Waals surface area contributed by atoms with Crippen molar-refractivity contribution in [3.8, 4) is 11.1 Å². The molecule has 1 aromatic carbocycles. The van der Waals surface area contributed by atoms with Crippen molar-refractivity contribution in [2.45, 2.75) is 18.9 Å². The first kappa shape index (κ1) is 14.5. The largest absolute Gasteiger partial charge is 0.376 e. The molecule has 3 aromatic rings. The van der Waals surface area contributed by atoms with Gasteiger partial charge in [-0.1, -0.05) is 12.1 Å². The van der Waals surface area contributed by atoms with Gasteiger partial charge in [0.15, 0.2) is 0 Å². The summed E-state index contributed by atoms with van der Waals surface area (Å²) in [6.07, 6.45) is 4.01. The maximum atomic E-state index is 13.2. The second-order valence-electron chi connectivity index (χ2n) is 5.57. The Hall–Kier alpha value is -2.05. The van der Waals surface area contributed by atoms with Crippen LogP contribution in [0.3, 0.4) is 0 Å². The quantitative estimate of drug-likeness (QED) is 0.783. The number of fused-ring (bicyclic) bond motifs is 1. The maximum absolute atomic E-state index is 13.2. The molecule has 0 spiro atoms. The van der Waals surface area contributed by atoms with Crippen molar-refractivity contribution in [3.05, 3.63) is 41.8 Å². The number of hydrogen-bond acceptors (Lipinski definition) is 5. The van der Waals surface area contributed by atoms with Crippen LogP contribution in [0.5, 0.6) is 0 Å². The van der Waals surface area contributed by atoms with E-state index in [9.17, 15) is 4.39 Å². The number of halogens is 1. The Balaban J connectivity index is 1.69. The highest BCUT2D eigenvalue weighted by Crippen LogP contribution is 2.36. The van der Waals surface area contributed by atoms with Gasteiger partial charge in [0, 0.05) is 24.1 Å². The van der Waals surface area contributed by atoms with Crippen molar-refractivity contribution in [1.29, 1.82) is 0 Å². The third-order valence-electron chi connectivity index (χ3n) is 4.05. The van der Waals surface area contributed by atoms with E-state index in [2.05, 4.69) is 15.3 Å². The lowest BCUT2D eigenvalue weighted by molar-refractivity contribution is 0.120. The number of benzene rings is 1. The molecule has 1 aliphatic heterocycles. The van der Waals surface area contributed by atoms with Gasteiger partial charge in [-0.3, -0.25) is 0 Å². The molecule has 4 nitrogen and oxygen atoms in total. The Labute approximate surface area is 137 Å². The molecule has 1 N–H and O–H groups in total. The molecule has 1 saturated heterocycles. The molecule has 2 aromatic heterocycles. The summed E-state index contributed by atoms with van der Waals surface area (Å²) in [5.74, 6) is 0.576. The van der Waals surface area contributed by atoms with Gasteiger partial charge in [-0.15, -0.1) is 11.3 Å². The minimum atomic E-state index is -0.235. The van der Waals surface area contributed by atoms with Crippen molar-refractivity contribution in [1.82, 2.24) is 9.97 Å². The van der Waals surface area contributed by atoms with Crippen LogP contribution in [0.25, 0.3) is 21.3 Å². The van der Waals surface area contributed by atoms with Crippen molar-refractivity contribution >= 4 is 27.4 Å². The number of thiophene rings is 1. The summed E-state index contributed by atoms with van der Waals surface area (Å²) in [5, 5.41) is 6.43. The Morgan fingerprint density at radius 2 is 2.13 bits per heavy atom. The summed E-state index contributed by atoms with van der Waals surface area (Å²) in [5.41, 5.74) is 1.99. The zero-order valence-electron chi connectivity index (χ0n) is 12.5. The molecule has 0 saturated carbocycles. The lowest BCUT2D eigenvalue weighted by Gasteiger charge is -2.12. The molecule has 0 aliphatic carbocycles. The second kappa shape index (κ2) is 6.22. The summed E-state index contributed by atoms with van der Waals surface area (Å²) < 4.78 is 18.8. The fourth-order valence-corrected chi connectivity index (χ4v) is 3.78. The van der Waals surface area contributed by atoms with E-state index in [-0.39, 0.29) is 11.9 Å². The minimum absolute atomic E-state index is 0.235. The molecule has 0 radical (unpaired) electrons. The fraction of sp³-hybridized carbons (Fsp3) is 0.294. The van der Waals surface area contributed by atoms with Gasteiger partial charge in [0.25, 0.3) is 0 Å². The van der Waals surface area contributed by atoms with E-state index >= 15 is 0 Å². The summed E-state index contributed by atoms with van der Waals surface area (Å²) in [4.78, 5) is 9.67. The van der Waals surface area contributed by atoms with E-state index in [0.29, 0.717) is 0 Å². The summed E-state index contributed by atoms with van der Waals surface area (Å²) in [6, 6.07) is 6.52. The molecule has 0 amide bonds. The highest BCUT2D eigenvalue weighted by atomic mass is 32.1. The molecule has 4 rings (SSSR count). The highest BCUT2D eigenvalue weighted by Gasteiger charge is 2.17. The van der Waals surface area contributed by atoms with Gasteiger partial charge in [-0.2, -0.15) is 0 Å². The Kier molecular flexibility index (Phi) is 3.93. The zero-order chi connectivity index (χ0) is 15.6. The van der Waals surface area contributed by atoms with Crippen LogP contribution in [0.15, 0.2) is 36.0 Å². The number of anilines is 1. The number of rotatable bonds is 4. The average molecular weight is 329 g/mol. The van der Waals surface area contributed by atoms with Crippen LogP contribution in [0.2, 0.25) is 0 Å². The van der Waals surface area contributed by atoms with E-state index in [0.717, 1.165) is 53.2 Å². The normalized spacial score (nSPS) is 17.7. The Morgan fingerprint density at radius 3 is 2.91 bits per heavy atom. The first-order chi connectivity index (χ1) is 11.3. The van der Waals surface area contributed by atoms with Crippen LogP contribution in [-0.4, -0.2) is 29.2 Å². The first-order valence-corrected chi connectivity index (χ1v) is 8.53. The molecular weight excluding hydrogens is 313 g/mol. The molecule has 1 unspecified atom stereocenters. The summed E-state index contributed by atoms with van der Waals surface area (Å²) >= 11 is 1.57. The van der Waals surface area contributed by atoms with Gasteiger partial charge < -0.3 is 10.1 Å². The van der Waals surface area contributed by atoms with Crippen LogP contribution in [0, 0.1) is 5.82 Å². The predicted molar refractivity (Wildman–Crippen MR) is 90.3 cm³/mol. The van der Waals surface area contributed by atoms with Gasteiger partial charge in [0.05, 0.1) is 11.5 Å². The monoisotopic (exact) mass is 329 g/mol. The average Bonchev–Trinajstić information content (AvgIpc) is 3.23. The van der Waals surface area contributed by atoms with Crippen LogP contribution in [0.1, 0.15) is 12.8 Å². The van der Waals surface area contributed by atoms with Crippen LogP contribution in [0.4, 0.5) is 10.2 Å². The standard InChI is InChI=1S/C17H16FN3OS/c18-12-5-3-11(4-6-12)14-9-23-17-15(14)16(20-10-21-17)19-8-13-2-1-7-22-13/h3-6,9-10,13H,1-2,7-8H2,(H,19,20,21). The minimum Gasteiger partial charge on any atom is -0.376 e. The molecule has 0 bridgehead atoms. The molecule has 1 atom stereocenters. The lowest BCUT2D eigenvalue weighted by Crippen LogP contribution is -2.19. The van der Waals surface area contributed by atoms with E-state index < -0.39 is 0 Å². The summed E-state index contributed by atoms with van der Waals surface area (Å²) in [6.45, 7) is 1.58. The molecule has 6 heteroatoms. The van der Waals surface area contributed by atoms with Gasteiger partial charge in [-0.05, 0) is 30.5 Å². The Bertz CT molecular complexity index is 812.